The van der Waals surface area contributed by atoms with Crippen LogP contribution in [0.15, 0.2) is 18.2 Å². The van der Waals surface area contributed by atoms with E-state index in [4.69, 9.17) is 11.1 Å². The van der Waals surface area contributed by atoms with E-state index in [1.165, 1.54) is 6.21 Å². The average Bonchev–Trinajstić information content (AvgIpc) is 2.20. The molecule has 0 aromatic heterocycles. The minimum Gasteiger partial charge on any atom is -0.398 e. The van der Waals surface area contributed by atoms with Crippen LogP contribution in [0.3, 0.4) is 0 Å². The van der Waals surface area contributed by atoms with Crippen molar-refractivity contribution in [2.24, 2.45) is 0 Å². The molecule has 0 bridgehead atoms. The van der Waals surface area contributed by atoms with Crippen molar-refractivity contribution < 1.29 is 0 Å². The Bertz CT molecular complexity index is 290. The molecule has 0 heterocycles. The highest BCUT2D eigenvalue weighted by atomic mass is 14.6. The molecule has 2 nitrogen and oxygen atoms in total. The van der Waals surface area contributed by atoms with Gasteiger partial charge in [-0.25, -0.2) is 0 Å². The zero-order chi connectivity index (χ0) is 11.1. The highest BCUT2D eigenvalue weighted by molar-refractivity contribution is 5.87. The van der Waals surface area contributed by atoms with Gasteiger partial charge in [0, 0.05) is 17.5 Å². The summed E-state index contributed by atoms with van der Waals surface area (Å²) in [6, 6.07) is 5.77. The van der Waals surface area contributed by atoms with E-state index in [0.717, 1.165) is 11.1 Å². The highest BCUT2D eigenvalue weighted by Gasteiger charge is 2.06. The Morgan fingerprint density at radius 3 is 2.21 bits per heavy atom. The molecule has 1 rings (SSSR count). The molecule has 0 atom stereocenters. The molecule has 0 fully saturated rings. The van der Waals surface area contributed by atoms with Crippen molar-refractivity contribution in [1.82, 2.24) is 0 Å². The maximum absolute atomic E-state index is 7.21. The zero-order valence-electron chi connectivity index (χ0n) is 9.46. The minimum absolute atomic E-state index is 0.421. The second kappa shape index (κ2) is 6.19. The first-order valence-electron chi connectivity index (χ1n) is 5.05. The van der Waals surface area contributed by atoms with Crippen LogP contribution in [0.4, 0.5) is 5.69 Å². The summed E-state index contributed by atoms with van der Waals surface area (Å²) < 4.78 is 0. The van der Waals surface area contributed by atoms with Crippen molar-refractivity contribution in [3.63, 3.8) is 0 Å². The fraction of sp³-hybridized carbons (Fsp3) is 0.417. The molecule has 3 N–H and O–H groups in total. The normalized spacial score (nSPS) is 9.21. The summed E-state index contributed by atoms with van der Waals surface area (Å²) in [5.41, 5.74) is 8.41. The van der Waals surface area contributed by atoms with Gasteiger partial charge >= 0.3 is 0 Å². The first-order chi connectivity index (χ1) is 6.66. The summed E-state index contributed by atoms with van der Waals surface area (Å²) in [5.74, 6) is 0.421. The number of rotatable bonds is 2. The molecule has 0 radical (unpaired) electrons. The standard InChI is InChI=1S/C10H14N2.C2H6/c1-7(2)8-4-3-5-10(12)9(8)6-11;1-2/h3-7,11H,12H2,1-2H3;1-2H3. The Kier molecular flexibility index (Phi) is 5.61. The molecule has 0 spiro atoms. The number of hydrogen-bond acceptors (Lipinski definition) is 2. The fourth-order valence-electron chi connectivity index (χ4n) is 1.27. The lowest BCUT2D eigenvalue weighted by Crippen LogP contribution is -1.99. The maximum atomic E-state index is 7.21. The number of nitrogens with two attached hydrogens (primary N) is 1. The molecule has 1 aromatic rings. The molecular formula is C12H20N2. The summed E-state index contributed by atoms with van der Waals surface area (Å²) in [5, 5.41) is 7.21. The van der Waals surface area contributed by atoms with Gasteiger partial charge in [0.1, 0.15) is 0 Å². The van der Waals surface area contributed by atoms with Crippen molar-refractivity contribution in [2.45, 2.75) is 33.6 Å². The van der Waals surface area contributed by atoms with Gasteiger partial charge in [0.2, 0.25) is 0 Å². The van der Waals surface area contributed by atoms with Crippen LogP contribution < -0.4 is 5.73 Å². The number of hydrogen-bond donors (Lipinski definition) is 2. The molecular weight excluding hydrogens is 172 g/mol. The van der Waals surface area contributed by atoms with E-state index in [0.29, 0.717) is 11.6 Å². The van der Waals surface area contributed by atoms with Crippen molar-refractivity contribution in [2.75, 3.05) is 5.73 Å². The lowest BCUT2D eigenvalue weighted by Gasteiger charge is -2.10. The number of anilines is 1. The third-order valence-electron chi connectivity index (χ3n) is 1.94. The van der Waals surface area contributed by atoms with E-state index in [9.17, 15) is 0 Å². The SMILES string of the molecule is CC.CC(C)c1cccc(N)c1C=N. The molecule has 0 aliphatic rings. The van der Waals surface area contributed by atoms with Crippen molar-refractivity contribution in [3.05, 3.63) is 29.3 Å². The monoisotopic (exact) mass is 192 g/mol. The van der Waals surface area contributed by atoms with Crippen LogP contribution in [0, 0.1) is 5.41 Å². The predicted molar refractivity (Wildman–Crippen MR) is 64.2 cm³/mol. The molecule has 0 saturated heterocycles. The molecule has 1 aromatic carbocycles. The van der Waals surface area contributed by atoms with Gasteiger partial charge in [0.15, 0.2) is 0 Å². The first kappa shape index (κ1) is 12.7. The van der Waals surface area contributed by atoms with Crippen LogP contribution in [0.1, 0.15) is 44.7 Å². The zero-order valence-corrected chi connectivity index (χ0v) is 9.46. The van der Waals surface area contributed by atoms with Crippen molar-refractivity contribution >= 4 is 11.9 Å². The van der Waals surface area contributed by atoms with Gasteiger partial charge < -0.3 is 11.1 Å². The number of benzene rings is 1. The second-order valence-corrected chi connectivity index (χ2v) is 3.15. The van der Waals surface area contributed by atoms with E-state index >= 15 is 0 Å². The lowest BCUT2D eigenvalue weighted by atomic mass is 9.97. The summed E-state index contributed by atoms with van der Waals surface area (Å²) in [7, 11) is 0. The largest absolute Gasteiger partial charge is 0.398 e. The molecule has 0 aliphatic heterocycles. The van der Waals surface area contributed by atoms with Crippen LogP contribution in [0.5, 0.6) is 0 Å². The summed E-state index contributed by atoms with van der Waals surface area (Å²) >= 11 is 0. The van der Waals surface area contributed by atoms with Gasteiger partial charge in [-0.1, -0.05) is 39.8 Å². The Balaban J connectivity index is 0.000000791. The Hall–Kier alpha value is -1.31. The summed E-state index contributed by atoms with van der Waals surface area (Å²) in [6.07, 6.45) is 1.32. The number of nitrogens with one attached hydrogen (secondary N) is 1. The third-order valence-corrected chi connectivity index (χ3v) is 1.94. The van der Waals surface area contributed by atoms with Gasteiger partial charge in [-0.2, -0.15) is 0 Å². The molecule has 0 saturated carbocycles. The third kappa shape index (κ3) is 2.87. The van der Waals surface area contributed by atoms with Gasteiger partial charge in [-0.05, 0) is 17.5 Å². The topological polar surface area (TPSA) is 49.9 Å². The average molecular weight is 192 g/mol. The van der Waals surface area contributed by atoms with E-state index in [-0.39, 0.29) is 0 Å². The molecule has 0 aliphatic carbocycles. The predicted octanol–water partition coefficient (Wildman–Crippen LogP) is 3.42. The van der Waals surface area contributed by atoms with Crippen LogP contribution in [-0.2, 0) is 0 Å². The first-order valence-corrected chi connectivity index (χ1v) is 5.05. The van der Waals surface area contributed by atoms with E-state index in [1.807, 2.05) is 32.0 Å². The van der Waals surface area contributed by atoms with Crippen LogP contribution >= 0.6 is 0 Å². The lowest BCUT2D eigenvalue weighted by molar-refractivity contribution is 0.865. The highest BCUT2D eigenvalue weighted by Crippen LogP contribution is 2.22. The van der Waals surface area contributed by atoms with Crippen molar-refractivity contribution in [3.8, 4) is 0 Å². The fourth-order valence-corrected chi connectivity index (χ4v) is 1.27. The Morgan fingerprint density at radius 2 is 1.86 bits per heavy atom. The van der Waals surface area contributed by atoms with Crippen LogP contribution in [0.25, 0.3) is 0 Å². The van der Waals surface area contributed by atoms with Crippen molar-refractivity contribution in [1.29, 1.82) is 5.41 Å². The van der Waals surface area contributed by atoms with Crippen LogP contribution in [-0.4, -0.2) is 6.21 Å². The molecule has 2 heteroatoms. The van der Waals surface area contributed by atoms with Gasteiger partial charge in [-0.15, -0.1) is 0 Å². The molecule has 0 amide bonds. The minimum atomic E-state index is 0.421. The summed E-state index contributed by atoms with van der Waals surface area (Å²) in [6.45, 7) is 8.20. The van der Waals surface area contributed by atoms with E-state index in [1.54, 1.807) is 0 Å². The molecule has 78 valence electrons. The van der Waals surface area contributed by atoms with Gasteiger partial charge in [-0.3, -0.25) is 0 Å². The van der Waals surface area contributed by atoms with E-state index < -0.39 is 0 Å². The molecule has 0 unspecified atom stereocenters. The smallest absolute Gasteiger partial charge is 0.0405 e. The second-order valence-electron chi connectivity index (χ2n) is 3.15. The Labute approximate surface area is 86.7 Å². The maximum Gasteiger partial charge on any atom is 0.0405 e. The molecule has 14 heavy (non-hydrogen) atoms. The van der Waals surface area contributed by atoms with Gasteiger partial charge in [0.05, 0.1) is 0 Å². The van der Waals surface area contributed by atoms with E-state index in [2.05, 4.69) is 13.8 Å². The number of nitrogen functional groups attached to an aromatic ring is 1. The Morgan fingerprint density at radius 1 is 1.29 bits per heavy atom. The summed E-state index contributed by atoms with van der Waals surface area (Å²) in [4.78, 5) is 0. The van der Waals surface area contributed by atoms with Gasteiger partial charge in [0.25, 0.3) is 0 Å². The van der Waals surface area contributed by atoms with Crippen LogP contribution in [0.2, 0.25) is 0 Å². The quantitative estimate of drug-likeness (QED) is 0.547.